The second-order valence-electron chi connectivity index (χ2n) is 15.5. The predicted octanol–water partition coefficient (Wildman–Crippen LogP) is 7.47. The predicted molar refractivity (Wildman–Crippen MR) is 199 cm³/mol. The number of fused-ring (bicyclic) bond motifs is 1. The molecule has 1 amide bonds. The lowest BCUT2D eigenvalue weighted by molar-refractivity contribution is -0.160. The van der Waals surface area contributed by atoms with E-state index in [2.05, 4.69) is 4.72 Å². The number of hydrogen-bond acceptors (Lipinski definition) is 6. The smallest absolute Gasteiger partial charge is 0.337 e. The van der Waals surface area contributed by atoms with Gasteiger partial charge in [-0.2, -0.15) is 4.72 Å². The number of aliphatic carboxylic acids is 1. The lowest BCUT2D eigenvalue weighted by Gasteiger charge is -2.42. The molecule has 276 valence electrons. The lowest BCUT2D eigenvalue weighted by Crippen LogP contribution is -2.54. The van der Waals surface area contributed by atoms with E-state index in [0.717, 1.165) is 11.1 Å². The Morgan fingerprint density at radius 2 is 1.62 bits per heavy atom. The Balaban J connectivity index is 1.70. The molecule has 0 saturated heterocycles. The van der Waals surface area contributed by atoms with Crippen LogP contribution in [-0.2, 0) is 42.7 Å². The summed E-state index contributed by atoms with van der Waals surface area (Å²) in [4.78, 5) is 34.6. The monoisotopic (exact) mass is 729 g/mol. The van der Waals surface area contributed by atoms with Crippen molar-refractivity contribution < 1.29 is 32.2 Å². The van der Waals surface area contributed by atoms with Crippen LogP contribution < -0.4 is 4.72 Å². The first-order chi connectivity index (χ1) is 24.3. The van der Waals surface area contributed by atoms with E-state index >= 15 is 0 Å². The van der Waals surface area contributed by atoms with Crippen LogP contribution in [0.4, 0.5) is 4.39 Å². The summed E-state index contributed by atoms with van der Waals surface area (Å²) in [6, 6.07) is 20.3. The Labute approximate surface area is 306 Å². The standard InChI is InChI=1S/C41H48FN3O6S/c1-25(2)35-34(36(39(47)48)51-40(4,5)6)33(28-16-18-29(42)19-17-28)31-23-45(24-41(7,8)37(31)43-35)38(46)32(22-27-12-10-9-11-13-27)44-52(49,50)30-20-14-26(3)15-21-30/h9-21,25,32,36,44H,22-24H2,1-8H3,(H,47,48). The molecule has 5 rings (SSSR count). The van der Waals surface area contributed by atoms with Gasteiger partial charge in [0.05, 0.1) is 21.9 Å². The molecule has 2 unspecified atom stereocenters. The molecule has 1 aliphatic heterocycles. The Morgan fingerprint density at radius 1 is 1.00 bits per heavy atom. The minimum atomic E-state index is -4.11. The highest BCUT2D eigenvalue weighted by Crippen LogP contribution is 2.45. The minimum Gasteiger partial charge on any atom is -0.479 e. The van der Waals surface area contributed by atoms with Crippen molar-refractivity contribution in [2.75, 3.05) is 6.54 Å². The van der Waals surface area contributed by atoms with Gasteiger partial charge in [0.1, 0.15) is 11.9 Å². The number of carbonyl (C=O) groups excluding carboxylic acids is 1. The first-order valence-electron chi connectivity index (χ1n) is 17.4. The number of carbonyl (C=O) groups is 2. The van der Waals surface area contributed by atoms with Crippen molar-refractivity contribution in [1.82, 2.24) is 14.6 Å². The van der Waals surface area contributed by atoms with E-state index in [4.69, 9.17) is 9.72 Å². The number of nitrogens with zero attached hydrogens (tertiary/aromatic N) is 2. The summed E-state index contributed by atoms with van der Waals surface area (Å²) >= 11 is 0. The Kier molecular flexibility index (Phi) is 11.1. The van der Waals surface area contributed by atoms with Crippen LogP contribution in [0.25, 0.3) is 11.1 Å². The van der Waals surface area contributed by atoms with Crippen molar-refractivity contribution in [2.45, 2.75) is 102 Å². The van der Waals surface area contributed by atoms with E-state index in [1.54, 1.807) is 49.9 Å². The number of aryl methyl sites for hydroxylation is 1. The van der Waals surface area contributed by atoms with E-state index in [1.807, 2.05) is 65.0 Å². The average Bonchev–Trinajstić information content (AvgIpc) is 3.06. The number of benzene rings is 3. The molecule has 11 heteroatoms. The maximum absolute atomic E-state index is 14.8. The quantitative estimate of drug-likeness (QED) is 0.164. The number of carboxylic acids is 1. The molecule has 0 radical (unpaired) electrons. The molecular formula is C41H48FN3O6S. The van der Waals surface area contributed by atoms with E-state index in [-0.39, 0.29) is 30.3 Å². The second-order valence-corrected chi connectivity index (χ2v) is 17.2. The molecule has 0 saturated carbocycles. The van der Waals surface area contributed by atoms with Gasteiger partial charge in [-0.3, -0.25) is 9.78 Å². The van der Waals surface area contributed by atoms with Crippen LogP contribution in [0, 0.1) is 12.7 Å². The summed E-state index contributed by atoms with van der Waals surface area (Å²) in [6.07, 6.45) is -1.34. The number of rotatable bonds is 11. The van der Waals surface area contributed by atoms with Crippen LogP contribution in [0.15, 0.2) is 83.8 Å². The second kappa shape index (κ2) is 14.9. The number of pyridine rings is 1. The van der Waals surface area contributed by atoms with Gasteiger partial charge in [-0.15, -0.1) is 0 Å². The number of hydrogen-bond donors (Lipinski definition) is 2. The van der Waals surface area contributed by atoms with Crippen molar-refractivity contribution in [3.05, 3.63) is 118 Å². The van der Waals surface area contributed by atoms with Crippen LogP contribution in [0.5, 0.6) is 0 Å². The van der Waals surface area contributed by atoms with Gasteiger partial charge >= 0.3 is 5.97 Å². The zero-order valence-electron chi connectivity index (χ0n) is 31.0. The van der Waals surface area contributed by atoms with Gasteiger partial charge in [0.25, 0.3) is 0 Å². The van der Waals surface area contributed by atoms with Gasteiger partial charge in [0.15, 0.2) is 6.10 Å². The molecule has 3 aromatic carbocycles. The zero-order chi connectivity index (χ0) is 38.2. The third-order valence-corrected chi connectivity index (χ3v) is 10.6. The van der Waals surface area contributed by atoms with Gasteiger partial charge in [0.2, 0.25) is 15.9 Å². The summed E-state index contributed by atoms with van der Waals surface area (Å²) in [5, 5.41) is 10.6. The molecule has 0 bridgehead atoms. The Bertz CT molecular complexity index is 2040. The Morgan fingerprint density at radius 3 is 2.17 bits per heavy atom. The number of nitrogens with one attached hydrogen (secondary N) is 1. The molecule has 2 N–H and O–H groups in total. The first-order valence-corrected chi connectivity index (χ1v) is 18.9. The summed E-state index contributed by atoms with van der Waals surface area (Å²) in [6.45, 7) is 15.2. The van der Waals surface area contributed by atoms with Crippen LogP contribution in [0.1, 0.15) is 94.1 Å². The van der Waals surface area contributed by atoms with Crippen molar-refractivity contribution in [3.63, 3.8) is 0 Å². The van der Waals surface area contributed by atoms with Crippen molar-refractivity contribution >= 4 is 21.9 Å². The third-order valence-electron chi connectivity index (χ3n) is 9.10. The molecule has 52 heavy (non-hydrogen) atoms. The number of aromatic nitrogens is 1. The molecule has 0 aliphatic carbocycles. The van der Waals surface area contributed by atoms with Crippen molar-refractivity contribution in [1.29, 1.82) is 0 Å². The van der Waals surface area contributed by atoms with Crippen LogP contribution in [0.3, 0.4) is 0 Å². The first kappa shape index (κ1) is 38.8. The summed E-state index contributed by atoms with van der Waals surface area (Å²) in [5.41, 5.74) is 3.28. The minimum absolute atomic E-state index is 0.00207. The average molecular weight is 730 g/mol. The fourth-order valence-corrected chi connectivity index (χ4v) is 7.98. The fourth-order valence-electron chi connectivity index (χ4n) is 6.79. The number of ether oxygens (including phenoxy) is 1. The highest BCUT2D eigenvalue weighted by Gasteiger charge is 2.43. The lowest BCUT2D eigenvalue weighted by atomic mass is 9.76. The number of carboxylic acid groups (broad SMARTS) is 1. The number of amides is 1. The topological polar surface area (TPSA) is 126 Å². The zero-order valence-corrected chi connectivity index (χ0v) is 31.8. The molecule has 9 nitrogen and oxygen atoms in total. The molecular weight excluding hydrogens is 682 g/mol. The number of sulfonamides is 1. The van der Waals surface area contributed by atoms with Gasteiger partial charge in [-0.05, 0) is 81.0 Å². The largest absolute Gasteiger partial charge is 0.479 e. The molecule has 0 spiro atoms. The molecule has 1 aliphatic rings. The normalized spacial score (nSPS) is 15.6. The van der Waals surface area contributed by atoms with Crippen molar-refractivity contribution in [3.8, 4) is 11.1 Å². The molecule has 1 aromatic heterocycles. The highest BCUT2D eigenvalue weighted by atomic mass is 32.2. The maximum Gasteiger partial charge on any atom is 0.337 e. The van der Waals surface area contributed by atoms with Gasteiger partial charge in [-0.1, -0.05) is 87.9 Å². The summed E-state index contributed by atoms with van der Waals surface area (Å²) < 4.78 is 50.7. The van der Waals surface area contributed by atoms with Crippen LogP contribution in [-0.4, -0.2) is 53.5 Å². The van der Waals surface area contributed by atoms with Gasteiger partial charge in [-0.25, -0.2) is 17.6 Å². The van der Waals surface area contributed by atoms with Crippen LogP contribution in [0.2, 0.25) is 0 Å². The fraction of sp³-hybridized carbons (Fsp3) is 0.390. The SMILES string of the molecule is Cc1ccc(S(=O)(=O)NC(Cc2ccccc2)C(=O)N2Cc3c(nc(C(C)C)c(C(OC(C)(C)C)C(=O)O)c3-c3ccc(F)cc3)C(C)(C)C2)cc1. The summed E-state index contributed by atoms with van der Waals surface area (Å²) in [5.74, 6) is -2.33. The molecule has 2 atom stereocenters. The van der Waals surface area contributed by atoms with E-state index in [9.17, 15) is 27.5 Å². The summed E-state index contributed by atoms with van der Waals surface area (Å²) in [7, 11) is -4.11. The van der Waals surface area contributed by atoms with E-state index in [1.165, 1.54) is 24.3 Å². The maximum atomic E-state index is 14.8. The molecule has 4 aromatic rings. The number of halogens is 1. The van der Waals surface area contributed by atoms with Crippen molar-refractivity contribution in [2.24, 2.45) is 0 Å². The van der Waals surface area contributed by atoms with Gasteiger partial charge in [0, 0.05) is 29.6 Å². The molecule has 2 heterocycles. The third kappa shape index (κ3) is 8.60. The molecule has 0 fully saturated rings. The Hall–Kier alpha value is -4.45. The van der Waals surface area contributed by atoms with Crippen LogP contribution >= 0.6 is 0 Å². The highest BCUT2D eigenvalue weighted by molar-refractivity contribution is 7.89. The van der Waals surface area contributed by atoms with E-state index < -0.39 is 50.9 Å². The van der Waals surface area contributed by atoms with Gasteiger partial charge < -0.3 is 14.7 Å². The van der Waals surface area contributed by atoms with E-state index in [0.29, 0.717) is 33.6 Å².